The summed E-state index contributed by atoms with van der Waals surface area (Å²) in [6, 6.07) is -0.191. The van der Waals surface area contributed by atoms with E-state index in [4.69, 9.17) is 0 Å². The summed E-state index contributed by atoms with van der Waals surface area (Å²) in [4.78, 5) is 21.9. The fraction of sp³-hybridized carbons (Fsp3) is 0.667. The van der Waals surface area contributed by atoms with Crippen LogP contribution in [0.5, 0.6) is 0 Å². The van der Waals surface area contributed by atoms with Crippen LogP contribution in [0.1, 0.15) is 13.8 Å². The Bertz CT molecular complexity index is 242. The third-order valence-corrected chi connectivity index (χ3v) is 2.74. The minimum Gasteiger partial charge on any atom is -0.243 e. The zero-order valence-corrected chi connectivity index (χ0v) is 6.42. The Balaban J connectivity index is 2.30. The van der Waals surface area contributed by atoms with E-state index in [-0.39, 0.29) is 28.7 Å². The van der Waals surface area contributed by atoms with E-state index in [2.05, 4.69) is 10.7 Å². The number of imide groups is 1. The molecule has 5 heteroatoms. The van der Waals surface area contributed by atoms with Gasteiger partial charge in [0.25, 0.3) is 0 Å². The Morgan fingerprint density at radius 1 is 1.27 bits per heavy atom. The Hall–Kier alpha value is -1.10. The molecule has 2 saturated heterocycles. The molecule has 4 amide bonds. The molecular formula is C6H10N3O2+. The van der Waals surface area contributed by atoms with Crippen LogP contribution < -0.4 is 10.7 Å². The average Bonchev–Trinajstić information content (AvgIpc) is 2.36. The Morgan fingerprint density at radius 3 is 2.00 bits per heavy atom. The lowest BCUT2D eigenvalue weighted by Gasteiger charge is -2.04. The predicted octanol–water partition coefficient (Wildman–Crippen LogP) is -0.0584. The van der Waals surface area contributed by atoms with E-state index >= 15 is 0 Å². The molecule has 60 valence electrons. The summed E-state index contributed by atoms with van der Waals surface area (Å²) in [5, 5.41) is 2.21. The standard InChI is InChI=1S/C6H9N3O2/c1-3-4(2)9(3)6(11)7-5(10)8-9/h3-4H,1-2H3,(H-,7,8,10,11)/p+1/t3-,4-/m1/s1. The summed E-state index contributed by atoms with van der Waals surface area (Å²) >= 11 is 0. The van der Waals surface area contributed by atoms with Crippen LogP contribution in [0.4, 0.5) is 9.59 Å². The van der Waals surface area contributed by atoms with Crippen molar-refractivity contribution in [3.63, 3.8) is 0 Å². The molecule has 2 rings (SSSR count). The predicted molar refractivity (Wildman–Crippen MR) is 36.2 cm³/mol. The van der Waals surface area contributed by atoms with Crippen LogP contribution in [0.2, 0.25) is 0 Å². The quantitative estimate of drug-likeness (QED) is 0.381. The van der Waals surface area contributed by atoms with Crippen molar-refractivity contribution in [2.45, 2.75) is 25.9 Å². The topological polar surface area (TPSA) is 58.2 Å². The second-order valence-corrected chi connectivity index (χ2v) is 3.13. The number of carbonyl (C=O) groups excluding carboxylic acids is 2. The molecule has 0 radical (unpaired) electrons. The third-order valence-electron chi connectivity index (χ3n) is 2.74. The summed E-state index contributed by atoms with van der Waals surface area (Å²) < 4.78 is 0.0961. The second-order valence-electron chi connectivity index (χ2n) is 3.13. The van der Waals surface area contributed by atoms with E-state index in [1.54, 1.807) is 0 Å². The third kappa shape index (κ3) is 0.544. The molecule has 2 aliphatic rings. The van der Waals surface area contributed by atoms with Gasteiger partial charge in [-0.25, -0.2) is 14.9 Å². The van der Waals surface area contributed by atoms with Gasteiger partial charge in [-0.1, -0.05) is 0 Å². The summed E-state index contributed by atoms with van der Waals surface area (Å²) in [6.07, 6.45) is 0. The van der Waals surface area contributed by atoms with E-state index in [9.17, 15) is 9.59 Å². The lowest BCUT2D eigenvalue weighted by Crippen LogP contribution is -2.41. The van der Waals surface area contributed by atoms with Crippen LogP contribution in [0.15, 0.2) is 0 Å². The number of quaternary nitrogens is 1. The van der Waals surface area contributed by atoms with Crippen molar-refractivity contribution in [3.05, 3.63) is 0 Å². The normalized spacial score (nSPS) is 47.5. The van der Waals surface area contributed by atoms with Crippen molar-refractivity contribution < 1.29 is 14.2 Å². The van der Waals surface area contributed by atoms with Gasteiger partial charge in [0.2, 0.25) is 0 Å². The highest BCUT2D eigenvalue weighted by Gasteiger charge is 2.72. The monoisotopic (exact) mass is 156 g/mol. The van der Waals surface area contributed by atoms with Crippen LogP contribution in [-0.4, -0.2) is 28.7 Å². The number of hydrogen-bond acceptors (Lipinski definition) is 2. The summed E-state index contributed by atoms with van der Waals surface area (Å²) in [6.45, 7) is 3.88. The van der Waals surface area contributed by atoms with Crippen LogP contribution in [-0.2, 0) is 0 Å². The molecule has 11 heavy (non-hydrogen) atoms. The van der Waals surface area contributed by atoms with Gasteiger partial charge in [0.05, 0.1) is 0 Å². The minimum absolute atomic E-state index is 0.0961. The van der Waals surface area contributed by atoms with Crippen molar-refractivity contribution in [2.24, 2.45) is 0 Å². The second kappa shape index (κ2) is 1.55. The van der Waals surface area contributed by atoms with Gasteiger partial charge < -0.3 is 0 Å². The average molecular weight is 156 g/mol. The highest BCUT2D eigenvalue weighted by Crippen LogP contribution is 2.38. The number of rotatable bonds is 0. The maximum absolute atomic E-state index is 11.2. The molecule has 1 spiro atoms. The first-order chi connectivity index (χ1) is 5.09. The molecule has 5 nitrogen and oxygen atoms in total. The highest BCUT2D eigenvalue weighted by atomic mass is 16.2. The van der Waals surface area contributed by atoms with Gasteiger partial charge in [0.1, 0.15) is 0 Å². The number of urea groups is 2. The van der Waals surface area contributed by atoms with Crippen LogP contribution in [0, 0.1) is 0 Å². The van der Waals surface area contributed by atoms with Crippen molar-refractivity contribution in [1.29, 1.82) is 0 Å². The summed E-state index contributed by atoms with van der Waals surface area (Å²) in [5.41, 5.74) is 2.59. The fourth-order valence-corrected chi connectivity index (χ4v) is 1.70. The van der Waals surface area contributed by atoms with Crippen LogP contribution >= 0.6 is 0 Å². The number of nitrogens with one attached hydrogen (secondary N) is 2. The van der Waals surface area contributed by atoms with Crippen molar-refractivity contribution in [1.82, 2.24) is 10.7 Å². The number of nitrogens with zero attached hydrogens (tertiary/aromatic N) is 1. The molecule has 0 aliphatic carbocycles. The molecule has 0 bridgehead atoms. The van der Waals surface area contributed by atoms with Gasteiger partial charge in [-0.3, -0.25) is 0 Å². The minimum atomic E-state index is -0.383. The highest BCUT2D eigenvalue weighted by molar-refractivity contribution is 5.95. The molecular weight excluding hydrogens is 146 g/mol. The van der Waals surface area contributed by atoms with Crippen LogP contribution in [0.25, 0.3) is 0 Å². The summed E-state index contributed by atoms with van der Waals surface area (Å²) in [7, 11) is 0. The van der Waals surface area contributed by atoms with Gasteiger partial charge in [-0.05, 0) is 13.8 Å². The van der Waals surface area contributed by atoms with E-state index in [1.807, 2.05) is 13.8 Å². The largest absolute Gasteiger partial charge is 0.450 e. The van der Waals surface area contributed by atoms with Gasteiger partial charge in [-0.2, -0.15) is 5.43 Å². The Kier molecular flexibility index (Phi) is 0.933. The van der Waals surface area contributed by atoms with Gasteiger partial charge in [-0.15, -0.1) is 4.59 Å². The maximum Gasteiger partial charge on any atom is 0.450 e. The molecule has 0 aromatic heterocycles. The number of hydrogen-bond donors (Lipinski definition) is 2. The molecule has 0 aromatic carbocycles. The smallest absolute Gasteiger partial charge is 0.243 e. The summed E-state index contributed by atoms with van der Waals surface area (Å²) in [5.74, 6) is 0. The van der Waals surface area contributed by atoms with Gasteiger partial charge >= 0.3 is 12.1 Å². The fourth-order valence-electron chi connectivity index (χ4n) is 1.70. The zero-order valence-electron chi connectivity index (χ0n) is 6.42. The lowest BCUT2D eigenvalue weighted by atomic mass is 10.4. The molecule has 2 fully saturated rings. The van der Waals surface area contributed by atoms with Crippen molar-refractivity contribution >= 4 is 12.1 Å². The number of carbonyl (C=O) groups is 2. The zero-order chi connectivity index (χ0) is 8.22. The molecule has 0 saturated carbocycles. The molecule has 2 aliphatic heterocycles. The molecule has 0 unspecified atom stereocenters. The lowest BCUT2D eigenvalue weighted by molar-refractivity contribution is -0.771. The van der Waals surface area contributed by atoms with Gasteiger partial charge in [0.15, 0.2) is 12.1 Å². The van der Waals surface area contributed by atoms with Crippen molar-refractivity contribution in [3.8, 4) is 0 Å². The molecule has 0 aromatic rings. The Morgan fingerprint density at radius 2 is 1.82 bits per heavy atom. The SMILES string of the molecule is C[C@@H]1[C@@H](C)[N+]12NC(=O)NC2=O. The van der Waals surface area contributed by atoms with E-state index in [0.717, 1.165) is 0 Å². The van der Waals surface area contributed by atoms with E-state index < -0.39 is 0 Å². The molecule has 2 heterocycles. The first-order valence-corrected chi connectivity index (χ1v) is 3.61. The molecule has 2 atom stereocenters. The van der Waals surface area contributed by atoms with E-state index in [0.29, 0.717) is 0 Å². The maximum atomic E-state index is 11.2. The van der Waals surface area contributed by atoms with Crippen molar-refractivity contribution in [2.75, 3.05) is 0 Å². The molecule has 2 N–H and O–H groups in total. The first-order valence-electron chi connectivity index (χ1n) is 3.61. The van der Waals surface area contributed by atoms with Gasteiger partial charge in [0, 0.05) is 0 Å². The number of amides is 4. The first kappa shape index (κ1) is 6.60. The van der Waals surface area contributed by atoms with Crippen LogP contribution in [0.3, 0.4) is 0 Å². The van der Waals surface area contributed by atoms with E-state index in [1.165, 1.54) is 0 Å². The Labute approximate surface area is 63.9 Å².